The van der Waals surface area contributed by atoms with Crippen molar-refractivity contribution in [3.05, 3.63) is 106 Å². The molecule has 0 spiro atoms. The number of anilines is 1. The summed E-state index contributed by atoms with van der Waals surface area (Å²) in [6.45, 7) is 3.03. The van der Waals surface area contributed by atoms with Gasteiger partial charge in [-0.05, 0) is 54.9 Å². The number of ether oxygens (including phenoxy) is 4. The van der Waals surface area contributed by atoms with Crippen LogP contribution in [0.2, 0.25) is 0 Å². The standard InChI is InChI=1S/C43H50BF2N5O7/c1-32-29-33(2)50-40(32)30-38-14-13-37(51(38)44(50,45)46)15-16-41(52)48-20-22-56-24-26-58-28-27-57-25-23-55-21-18-42(53)47-19-17-43(54)49-31-36-9-4-3-7-34(36)11-12-35-8-5-6-10-39(35)49/h3-10,13-14,29-30H,15-28,31H2,1-2H3,(H,47,53)(H,48,52). The second-order valence-electron chi connectivity index (χ2n) is 14.1. The Kier molecular flexibility index (Phi) is 14.8. The fourth-order valence-electron chi connectivity index (χ4n) is 7.16. The van der Waals surface area contributed by atoms with E-state index in [0.717, 1.165) is 36.9 Å². The van der Waals surface area contributed by atoms with E-state index in [2.05, 4.69) is 22.5 Å². The van der Waals surface area contributed by atoms with Gasteiger partial charge in [0.2, 0.25) is 17.7 Å². The average Bonchev–Trinajstić information content (AvgIpc) is 3.76. The molecule has 15 heteroatoms. The lowest BCUT2D eigenvalue weighted by atomic mass is 9.90. The SMILES string of the molecule is Cc1cc(C)n2c1C=C1C=CC(CCC(=O)NCCOCCOCCOCCOCCC(=O)NCCC(=O)N3Cc4ccccc4C#Cc4ccccc43)=[N+]1[B-]2(F)F. The Hall–Kier alpha value is -5.40. The lowest BCUT2D eigenvalue weighted by Crippen LogP contribution is -2.50. The maximum atomic E-state index is 15.6. The molecular weight excluding hydrogens is 747 g/mol. The Morgan fingerprint density at radius 3 is 2.14 bits per heavy atom. The third-order valence-corrected chi connectivity index (χ3v) is 10.0. The molecule has 0 bridgehead atoms. The lowest BCUT2D eigenvalue weighted by Gasteiger charge is -2.30. The molecule has 0 saturated carbocycles. The van der Waals surface area contributed by atoms with Crippen molar-refractivity contribution in [2.75, 3.05) is 70.8 Å². The van der Waals surface area contributed by atoms with Crippen LogP contribution in [0.25, 0.3) is 6.08 Å². The third kappa shape index (κ3) is 10.8. The highest BCUT2D eigenvalue weighted by Crippen LogP contribution is 2.34. The van der Waals surface area contributed by atoms with Gasteiger partial charge in [0.25, 0.3) is 0 Å². The quantitative estimate of drug-likeness (QED) is 0.0925. The predicted molar refractivity (Wildman–Crippen MR) is 217 cm³/mol. The van der Waals surface area contributed by atoms with Crippen LogP contribution in [0.1, 0.15) is 59.3 Å². The second-order valence-corrected chi connectivity index (χ2v) is 14.1. The number of amides is 3. The van der Waals surface area contributed by atoms with Gasteiger partial charge in [-0.1, -0.05) is 42.2 Å². The number of carbonyl (C=O) groups excluding carboxylic acids is 3. The third-order valence-electron chi connectivity index (χ3n) is 10.0. The van der Waals surface area contributed by atoms with E-state index in [-0.39, 0.29) is 56.6 Å². The number of allylic oxidation sites excluding steroid dienone is 2. The zero-order valence-corrected chi connectivity index (χ0v) is 33.1. The number of nitrogens with zero attached hydrogens (tertiary/aromatic N) is 3. The van der Waals surface area contributed by atoms with E-state index in [9.17, 15) is 14.4 Å². The molecule has 0 unspecified atom stereocenters. The Morgan fingerprint density at radius 2 is 1.38 bits per heavy atom. The highest BCUT2D eigenvalue weighted by molar-refractivity contribution is 6.58. The number of benzene rings is 2. The molecule has 2 aromatic carbocycles. The van der Waals surface area contributed by atoms with Gasteiger partial charge in [-0.3, -0.25) is 14.4 Å². The topological polar surface area (TPSA) is 123 Å². The molecule has 0 aliphatic carbocycles. The summed E-state index contributed by atoms with van der Waals surface area (Å²) >= 11 is 0. The van der Waals surface area contributed by atoms with E-state index in [1.807, 2.05) is 55.5 Å². The summed E-state index contributed by atoms with van der Waals surface area (Å²) in [5.41, 5.74) is 6.11. The summed E-state index contributed by atoms with van der Waals surface area (Å²) in [7, 11) is 0. The van der Waals surface area contributed by atoms with E-state index >= 15 is 8.63 Å². The molecule has 3 aliphatic heterocycles. The Balaban J connectivity index is 0.738. The summed E-state index contributed by atoms with van der Waals surface area (Å²) in [5, 5.41) is 5.58. The van der Waals surface area contributed by atoms with Crippen LogP contribution >= 0.6 is 0 Å². The van der Waals surface area contributed by atoms with Crippen molar-refractivity contribution in [2.45, 2.75) is 46.1 Å². The Morgan fingerprint density at radius 1 is 0.759 bits per heavy atom. The number of aromatic nitrogens is 1. The number of para-hydroxylation sites is 1. The minimum absolute atomic E-state index is 0.0855. The largest absolute Gasteiger partial charge is 0.737 e. The summed E-state index contributed by atoms with van der Waals surface area (Å²) < 4.78 is 55.3. The minimum Gasteiger partial charge on any atom is -0.394 e. The van der Waals surface area contributed by atoms with Crippen LogP contribution in [-0.2, 0) is 39.9 Å². The first-order valence-electron chi connectivity index (χ1n) is 19.7. The fraction of sp³-hybridized carbons (Fsp3) is 0.395. The van der Waals surface area contributed by atoms with Crippen molar-refractivity contribution in [1.82, 2.24) is 15.1 Å². The van der Waals surface area contributed by atoms with Crippen LogP contribution in [0.15, 0.2) is 72.4 Å². The molecule has 1 aromatic heterocycles. The van der Waals surface area contributed by atoms with Gasteiger partial charge >= 0.3 is 6.97 Å². The van der Waals surface area contributed by atoms with Gasteiger partial charge in [0.05, 0.1) is 65.1 Å². The lowest BCUT2D eigenvalue weighted by molar-refractivity contribution is -0.362. The van der Waals surface area contributed by atoms with E-state index in [1.54, 1.807) is 36.1 Å². The van der Waals surface area contributed by atoms with Crippen LogP contribution in [-0.4, -0.2) is 105 Å². The monoisotopic (exact) mass is 797 g/mol. The van der Waals surface area contributed by atoms with E-state index in [4.69, 9.17) is 18.9 Å². The van der Waals surface area contributed by atoms with Crippen molar-refractivity contribution < 1.29 is 46.4 Å². The number of fused-ring (bicyclic) bond motifs is 4. The molecule has 0 saturated heterocycles. The van der Waals surface area contributed by atoms with Crippen molar-refractivity contribution in [1.29, 1.82) is 0 Å². The van der Waals surface area contributed by atoms with Gasteiger partial charge in [-0.25, -0.2) is 0 Å². The molecule has 0 radical (unpaired) electrons. The molecule has 58 heavy (non-hydrogen) atoms. The maximum absolute atomic E-state index is 15.6. The summed E-state index contributed by atoms with van der Waals surface area (Å²) in [4.78, 5) is 39.8. The Bertz CT molecular complexity index is 2140. The molecule has 0 fully saturated rings. The first-order valence-corrected chi connectivity index (χ1v) is 19.7. The van der Waals surface area contributed by atoms with Crippen molar-refractivity contribution in [3.63, 3.8) is 0 Å². The Labute approximate surface area is 337 Å². The summed E-state index contributed by atoms with van der Waals surface area (Å²) in [5.74, 6) is 5.87. The maximum Gasteiger partial charge on any atom is 0.737 e. The van der Waals surface area contributed by atoms with Gasteiger partial charge in [0, 0.05) is 73.8 Å². The number of aryl methyl sites for hydroxylation is 2. The molecule has 4 heterocycles. The van der Waals surface area contributed by atoms with E-state index in [1.165, 1.54) is 0 Å². The smallest absolute Gasteiger partial charge is 0.394 e. The summed E-state index contributed by atoms with van der Waals surface area (Å²) in [6.07, 6.45) is 5.71. The predicted octanol–water partition coefficient (Wildman–Crippen LogP) is 4.51. The minimum atomic E-state index is -4.05. The first kappa shape index (κ1) is 42.2. The van der Waals surface area contributed by atoms with Crippen molar-refractivity contribution in [2.24, 2.45) is 0 Å². The molecular formula is C43H50BF2N5O7. The van der Waals surface area contributed by atoms with Crippen LogP contribution in [0.5, 0.6) is 0 Å². The number of nitrogens with one attached hydrogen (secondary N) is 2. The number of halogens is 2. The van der Waals surface area contributed by atoms with Gasteiger partial charge in [-0.15, -0.1) is 0 Å². The van der Waals surface area contributed by atoms with E-state index in [0.29, 0.717) is 82.1 Å². The molecule has 3 aliphatic rings. The van der Waals surface area contributed by atoms with Gasteiger partial charge < -0.3 is 52.1 Å². The summed E-state index contributed by atoms with van der Waals surface area (Å²) in [6, 6.07) is 17.1. The normalized spacial score (nSPS) is 14.6. The first-order chi connectivity index (χ1) is 28.1. The highest BCUT2D eigenvalue weighted by atomic mass is 19.2. The van der Waals surface area contributed by atoms with Crippen molar-refractivity contribution >= 4 is 42.2 Å². The number of hydrogen-bond donors (Lipinski definition) is 2. The molecule has 0 atom stereocenters. The van der Waals surface area contributed by atoms with Crippen LogP contribution in [0.4, 0.5) is 14.3 Å². The van der Waals surface area contributed by atoms with Crippen LogP contribution in [0.3, 0.4) is 0 Å². The molecule has 3 aromatic rings. The number of hydrogen-bond acceptors (Lipinski definition) is 7. The van der Waals surface area contributed by atoms with Crippen LogP contribution < -0.4 is 15.5 Å². The fourth-order valence-corrected chi connectivity index (χ4v) is 7.16. The van der Waals surface area contributed by atoms with Gasteiger partial charge in [-0.2, -0.15) is 0 Å². The van der Waals surface area contributed by atoms with Crippen LogP contribution in [0, 0.1) is 25.7 Å². The molecule has 306 valence electrons. The molecule has 2 N–H and O–H groups in total. The molecule has 3 amide bonds. The number of carbonyl (C=O) groups is 3. The van der Waals surface area contributed by atoms with E-state index < -0.39 is 6.97 Å². The van der Waals surface area contributed by atoms with Gasteiger partial charge in [0.15, 0.2) is 5.70 Å². The highest BCUT2D eigenvalue weighted by Gasteiger charge is 2.52. The second kappa shape index (κ2) is 20.3. The zero-order chi connectivity index (χ0) is 40.9. The van der Waals surface area contributed by atoms with Gasteiger partial charge in [0.1, 0.15) is 5.71 Å². The molecule has 6 rings (SSSR count). The number of rotatable bonds is 21. The van der Waals surface area contributed by atoms with Crippen molar-refractivity contribution in [3.8, 4) is 11.8 Å². The average molecular weight is 798 g/mol. The zero-order valence-electron chi connectivity index (χ0n) is 33.1. The molecule has 12 nitrogen and oxygen atoms in total.